The summed E-state index contributed by atoms with van der Waals surface area (Å²) in [5, 5.41) is 32.5. The maximum absolute atomic E-state index is 13.8. The molecule has 0 aliphatic rings. The van der Waals surface area contributed by atoms with Gasteiger partial charge in [-0.25, -0.2) is 14.8 Å². The number of nitrogens with two attached hydrogens (primary N) is 1. The molecule has 4 rings (SSSR count). The molecule has 302 valence electrons. The quantitative estimate of drug-likeness (QED) is 0.0534. The van der Waals surface area contributed by atoms with E-state index in [-0.39, 0.29) is 73.2 Å². The van der Waals surface area contributed by atoms with E-state index in [1.165, 1.54) is 6.33 Å². The number of H-pyrrole nitrogens is 3. The SMILES string of the molecule is CC(C)C[C@@H](CNCC(=O)[C@H](Cc1c[nH]c2ccccc12)NC(=O)c1[nH]cnc1C(=O)N[C@@H](C)CN)NC(=O)c1nc[nH]c1C(=O)N[C@@H](CC(=O)O)C(=O)O.Cl. The molecule has 4 aromatic rings. The molecule has 3 aromatic heterocycles. The Labute approximate surface area is 326 Å². The van der Waals surface area contributed by atoms with Gasteiger partial charge in [0.25, 0.3) is 23.6 Å². The molecule has 56 heavy (non-hydrogen) atoms. The van der Waals surface area contributed by atoms with Gasteiger partial charge in [0, 0.05) is 48.7 Å². The Morgan fingerprint density at radius 2 is 1.38 bits per heavy atom. The second kappa shape index (κ2) is 20.5. The average molecular weight is 800 g/mol. The molecule has 0 saturated carbocycles. The number of hydrogen-bond acceptors (Lipinski definition) is 11. The van der Waals surface area contributed by atoms with Gasteiger partial charge in [0.05, 0.1) is 31.7 Å². The van der Waals surface area contributed by atoms with Gasteiger partial charge in [-0.2, -0.15) is 0 Å². The van der Waals surface area contributed by atoms with Crippen LogP contribution in [0, 0.1) is 5.92 Å². The number of carbonyl (C=O) groups is 7. The molecular formula is C35H46ClN11O9. The summed E-state index contributed by atoms with van der Waals surface area (Å²) in [6.45, 7) is 5.54. The zero-order chi connectivity index (χ0) is 40.2. The maximum atomic E-state index is 13.8. The number of aromatic amines is 3. The Kier molecular flexibility index (Phi) is 16.2. The number of benzene rings is 1. The van der Waals surface area contributed by atoms with Crippen molar-refractivity contribution in [2.75, 3.05) is 19.6 Å². The van der Waals surface area contributed by atoms with Gasteiger partial charge in [-0.3, -0.25) is 28.8 Å². The number of imidazole rings is 2. The highest BCUT2D eigenvalue weighted by molar-refractivity contribution is 6.07. The molecule has 20 nitrogen and oxygen atoms in total. The molecule has 0 bridgehead atoms. The van der Waals surface area contributed by atoms with Crippen LogP contribution < -0.4 is 32.3 Å². The summed E-state index contributed by atoms with van der Waals surface area (Å²) < 4.78 is 0. The van der Waals surface area contributed by atoms with Crippen molar-refractivity contribution in [2.24, 2.45) is 11.7 Å². The van der Waals surface area contributed by atoms with Gasteiger partial charge < -0.3 is 57.5 Å². The van der Waals surface area contributed by atoms with Crippen molar-refractivity contribution in [3.8, 4) is 0 Å². The Morgan fingerprint density at radius 3 is 1.95 bits per heavy atom. The van der Waals surface area contributed by atoms with Crippen molar-refractivity contribution >= 4 is 64.7 Å². The predicted molar refractivity (Wildman–Crippen MR) is 203 cm³/mol. The third kappa shape index (κ3) is 11.9. The highest BCUT2D eigenvalue weighted by Gasteiger charge is 2.30. The number of aliphatic carboxylic acids is 2. The molecule has 4 atom stereocenters. The van der Waals surface area contributed by atoms with Gasteiger partial charge in [0.2, 0.25) is 0 Å². The van der Waals surface area contributed by atoms with Crippen LogP contribution in [0.5, 0.6) is 0 Å². The topological polar surface area (TPSA) is 319 Å². The highest BCUT2D eigenvalue weighted by atomic mass is 35.5. The molecule has 0 spiro atoms. The first-order valence-electron chi connectivity index (χ1n) is 17.4. The first kappa shape index (κ1) is 44.3. The van der Waals surface area contributed by atoms with E-state index in [0.29, 0.717) is 6.42 Å². The minimum Gasteiger partial charge on any atom is -0.481 e. The number of halogens is 1. The predicted octanol–water partition coefficient (Wildman–Crippen LogP) is 0.115. The number of amides is 4. The summed E-state index contributed by atoms with van der Waals surface area (Å²) in [6, 6.07) is 3.68. The van der Waals surface area contributed by atoms with Crippen LogP contribution in [0.3, 0.4) is 0 Å². The van der Waals surface area contributed by atoms with E-state index in [4.69, 9.17) is 10.8 Å². The molecule has 21 heteroatoms. The molecular weight excluding hydrogens is 754 g/mol. The molecule has 0 radical (unpaired) electrons. The monoisotopic (exact) mass is 799 g/mol. The summed E-state index contributed by atoms with van der Waals surface area (Å²) in [4.78, 5) is 105. The Balaban J connectivity index is 0.00000841. The van der Waals surface area contributed by atoms with E-state index in [9.17, 15) is 38.7 Å². The van der Waals surface area contributed by atoms with Crippen LogP contribution >= 0.6 is 12.4 Å². The lowest BCUT2D eigenvalue weighted by molar-refractivity contribution is -0.145. The molecule has 12 N–H and O–H groups in total. The second-order valence-corrected chi connectivity index (χ2v) is 13.3. The van der Waals surface area contributed by atoms with Gasteiger partial charge in [-0.15, -0.1) is 12.4 Å². The van der Waals surface area contributed by atoms with E-state index in [1.54, 1.807) is 13.1 Å². The molecule has 0 saturated heterocycles. The van der Waals surface area contributed by atoms with E-state index in [1.807, 2.05) is 38.1 Å². The molecule has 4 amide bonds. The van der Waals surface area contributed by atoms with E-state index < -0.39 is 65.9 Å². The Hall–Kier alpha value is -6.12. The van der Waals surface area contributed by atoms with Crippen LogP contribution in [0.2, 0.25) is 0 Å². The zero-order valence-corrected chi connectivity index (χ0v) is 31.6. The molecule has 0 aliphatic carbocycles. The van der Waals surface area contributed by atoms with Gasteiger partial charge >= 0.3 is 11.9 Å². The first-order valence-corrected chi connectivity index (χ1v) is 17.4. The van der Waals surface area contributed by atoms with E-state index >= 15 is 0 Å². The third-order valence-electron chi connectivity index (χ3n) is 8.45. The summed E-state index contributed by atoms with van der Waals surface area (Å²) in [7, 11) is 0. The largest absolute Gasteiger partial charge is 0.481 e. The third-order valence-corrected chi connectivity index (χ3v) is 8.45. The molecule has 0 unspecified atom stereocenters. The fourth-order valence-corrected chi connectivity index (χ4v) is 5.74. The number of fused-ring (bicyclic) bond motifs is 1. The first-order chi connectivity index (χ1) is 26.2. The molecule has 0 fully saturated rings. The lowest BCUT2D eigenvalue weighted by Gasteiger charge is -2.22. The number of Topliss-reactive ketones (excluding diaryl/α,β-unsaturated/α-hetero) is 1. The van der Waals surface area contributed by atoms with Crippen LogP contribution in [-0.4, -0.2) is 120 Å². The van der Waals surface area contributed by atoms with Crippen molar-refractivity contribution in [1.29, 1.82) is 0 Å². The van der Waals surface area contributed by atoms with Crippen LogP contribution in [-0.2, 0) is 20.8 Å². The highest BCUT2D eigenvalue weighted by Crippen LogP contribution is 2.20. The fourth-order valence-electron chi connectivity index (χ4n) is 5.74. The van der Waals surface area contributed by atoms with Crippen LogP contribution in [0.15, 0.2) is 43.1 Å². The fraction of sp³-hybridized carbons (Fsp3) is 0.400. The van der Waals surface area contributed by atoms with Crippen molar-refractivity contribution in [2.45, 2.75) is 64.2 Å². The molecule has 0 aliphatic heterocycles. The standard InChI is InChI=1S/C35H45N11O9.ClH/c1-17(2)8-20(44-32(51)28-30(42-16-40-28)34(53)46-24(35(54)55)10-26(48)49)13-37-14-25(47)23(9-19-12-38-22-7-5-4-6-21(19)22)45-33(52)29-27(39-15-41-29)31(50)43-18(3)11-36;/h4-7,12,15-18,20,23-24,37-38H,8-11,13-14,36H2,1-3H3,(H,39,41)(H,40,42)(H,43,50)(H,44,51)(H,45,52)(H,46,53)(H,48,49)(H,54,55);1H/t18-,20-,23-,24-;/m0./s1. The number of carbonyl (C=O) groups excluding carboxylic acids is 5. The van der Waals surface area contributed by atoms with Crippen LogP contribution in [0.1, 0.15) is 81.1 Å². The normalized spacial score (nSPS) is 13.2. The lowest BCUT2D eigenvalue weighted by atomic mass is 10.0. The number of nitrogens with zero attached hydrogens (tertiary/aromatic N) is 2. The maximum Gasteiger partial charge on any atom is 0.326 e. The summed E-state index contributed by atoms with van der Waals surface area (Å²) in [5.74, 6) is -6.54. The second-order valence-electron chi connectivity index (χ2n) is 13.3. The summed E-state index contributed by atoms with van der Waals surface area (Å²) in [6.07, 6.45) is 3.65. The van der Waals surface area contributed by atoms with Crippen LogP contribution in [0.4, 0.5) is 0 Å². The average Bonchev–Trinajstić information content (AvgIpc) is 3.91. The Morgan fingerprint density at radius 1 is 0.786 bits per heavy atom. The van der Waals surface area contributed by atoms with Crippen molar-refractivity contribution in [3.05, 3.63) is 71.5 Å². The molecule has 3 heterocycles. The van der Waals surface area contributed by atoms with E-state index in [0.717, 1.165) is 22.8 Å². The number of hydrogen-bond donors (Lipinski definition) is 11. The zero-order valence-electron chi connectivity index (χ0n) is 30.8. The molecule has 1 aromatic carbocycles. The smallest absolute Gasteiger partial charge is 0.326 e. The number of carboxylic acid groups (broad SMARTS) is 2. The number of rotatable bonds is 21. The Bertz CT molecular complexity index is 2030. The number of para-hydroxylation sites is 1. The number of ketones is 1. The minimum absolute atomic E-state index is 0. The summed E-state index contributed by atoms with van der Waals surface area (Å²) in [5.41, 5.74) is 6.18. The number of carboxylic acids is 2. The lowest BCUT2D eigenvalue weighted by Crippen LogP contribution is -2.49. The van der Waals surface area contributed by atoms with Crippen molar-refractivity contribution in [3.63, 3.8) is 0 Å². The van der Waals surface area contributed by atoms with Crippen molar-refractivity contribution in [1.82, 2.24) is 51.5 Å². The number of aromatic nitrogens is 5. The summed E-state index contributed by atoms with van der Waals surface area (Å²) >= 11 is 0. The van der Waals surface area contributed by atoms with E-state index in [2.05, 4.69) is 51.5 Å². The van der Waals surface area contributed by atoms with Crippen molar-refractivity contribution < 1.29 is 43.8 Å². The minimum atomic E-state index is -1.75. The van der Waals surface area contributed by atoms with Gasteiger partial charge in [0.15, 0.2) is 17.2 Å². The van der Waals surface area contributed by atoms with Gasteiger partial charge in [0.1, 0.15) is 17.4 Å². The van der Waals surface area contributed by atoms with Crippen LogP contribution in [0.25, 0.3) is 10.9 Å². The number of nitrogens with one attached hydrogen (secondary N) is 8. The van der Waals surface area contributed by atoms with Gasteiger partial charge in [-0.1, -0.05) is 32.0 Å². The van der Waals surface area contributed by atoms with Gasteiger partial charge in [-0.05, 0) is 30.9 Å².